The van der Waals surface area contributed by atoms with Crippen LogP contribution >= 0.6 is 0 Å². The van der Waals surface area contributed by atoms with Crippen molar-refractivity contribution in [3.8, 4) is 0 Å². The minimum Gasteiger partial charge on any atom is -0.338 e. The van der Waals surface area contributed by atoms with Crippen LogP contribution in [0.25, 0.3) is 0 Å². The molecule has 0 saturated heterocycles. The van der Waals surface area contributed by atoms with Crippen LogP contribution < -0.4 is 10.6 Å². The van der Waals surface area contributed by atoms with E-state index in [0.717, 1.165) is 17.1 Å². The number of H-pyrrole nitrogens is 1. The number of hydrogen-bond donors (Lipinski definition) is 3. The maximum atomic E-state index is 11.2. The molecule has 0 aliphatic heterocycles. The number of aromatic amines is 1. The van der Waals surface area contributed by atoms with E-state index >= 15 is 0 Å². The fraction of sp³-hybridized carbons (Fsp3) is 0.500. The zero-order valence-electron chi connectivity index (χ0n) is 8.06. The molecule has 0 atom stereocenters. The van der Waals surface area contributed by atoms with Crippen molar-refractivity contribution in [2.75, 3.05) is 11.9 Å². The van der Waals surface area contributed by atoms with Crippen molar-refractivity contribution >= 4 is 11.7 Å². The SMILES string of the molecule is CCNC(=O)Nc1c(C)n[nH]c1C. The number of aryl methyl sites for hydroxylation is 2. The van der Waals surface area contributed by atoms with Gasteiger partial charge in [-0.25, -0.2) is 4.79 Å². The van der Waals surface area contributed by atoms with Gasteiger partial charge in [0.05, 0.1) is 17.1 Å². The third kappa shape index (κ3) is 2.21. The summed E-state index contributed by atoms with van der Waals surface area (Å²) in [4.78, 5) is 11.2. The summed E-state index contributed by atoms with van der Waals surface area (Å²) in [6.07, 6.45) is 0. The average molecular weight is 182 g/mol. The maximum absolute atomic E-state index is 11.2. The lowest BCUT2D eigenvalue weighted by Gasteiger charge is -2.04. The van der Waals surface area contributed by atoms with Gasteiger partial charge in [0.25, 0.3) is 0 Å². The van der Waals surface area contributed by atoms with Gasteiger partial charge >= 0.3 is 6.03 Å². The number of urea groups is 1. The van der Waals surface area contributed by atoms with E-state index in [4.69, 9.17) is 0 Å². The Labute approximate surface area is 76.9 Å². The standard InChI is InChI=1S/C8H14N4O/c1-4-9-8(13)10-7-5(2)11-12-6(7)3/h4H2,1-3H3,(H,11,12)(H2,9,10,13). The smallest absolute Gasteiger partial charge is 0.319 e. The molecular formula is C8H14N4O. The molecule has 0 fully saturated rings. The van der Waals surface area contributed by atoms with E-state index in [-0.39, 0.29) is 6.03 Å². The molecule has 5 heteroatoms. The third-order valence-electron chi connectivity index (χ3n) is 1.70. The molecule has 5 nitrogen and oxygen atoms in total. The zero-order chi connectivity index (χ0) is 9.84. The Kier molecular flexibility index (Phi) is 2.89. The molecule has 1 aromatic rings. The Bertz CT molecular complexity index is 286. The van der Waals surface area contributed by atoms with Crippen LogP contribution in [0.5, 0.6) is 0 Å². The van der Waals surface area contributed by atoms with Gasteiger partial charge in [-0.3, -0.25) is 5.10 Å². The molecule has 3 N–H and O–H groups in total. The van der Waals surface area contributed by atoms with Crippen LogP contribution in [-0.4, -0.2) is 22.8 Å². The summed E-state index contributed by atoms with van der Waals surface area (Å²) in [6.45, 7) is 6.18. The van der Waals surface area contributed by atoms with E-state index in [1.165, 1.54) is 0 Å². The van der Waals surface area contributed by atoms with E-state index < -0.39 is 0 Å². The Morgan fingerprint density at radius 1 is 1.54 bits per heavy atom. The van der Waals surface area contributed by atoms with E-state index in [1.54, 1.807) is 0 Å². The second-order valence-corrected chi connectivity index (χ2v) is 2.79. The topological polar surface area (TPSA) is 69.8 Å². The van der Waals surface area contributed by atoms with E-state index in [9.17, 15) is 4.79 Å². The van der Waals surface area contributed by atoms with E-state index in [1.807, 2.05) is 20.8 Å². The Morgan fingerprint density at radius 3 is 2.69 bits per heavy atom. The fourth-order valence-corrected chi connectivity index (χ4v) is 1.05. The van der Waals surface area contributed by atoms with Crippen LogP contribution in [0, 0.1) is 13.8 Å². The number of carbonyl (C=O) groups excluding carboxylic acids is 1. The second-order valence-electron chi connectivity index (χ2n) is 2.79. The first-order chi connectivity index (χ1) is 6.15. The number of aromatic nitrogens is 2. The molecule has 0 unspecified atom stereocenters. The summed E-state index contributed by atoms with van der Waals surface area (Å²) in [6, 6.07) is -0.199. The highest BCUT2D eigenvalue weighted by molar-refractivity contribution is 5.90. The number of nitrogens with one attached hydrogen (secondary N) is 3. The summed E-state index contributed by atoms with van der Waals surface area (Å²) in [5, 5.41) is 12.1. The number of carbonyl (C=O) groups is 1. The second kappa shape index (κ2) is 3.93. The van der Waals surface area contributed by atoms with Crippen molar-refractivity contribution in [1.82, 2.24) is 15.5 Å². The summed E-state index contributed by atoms with van der Waals surface area (Å²) < 4.78 is 0. The van der Waals surface area contributed by atoms with Crippen molar-refractivity contribution in [3.05, 3.63) is 11.4 Å². The minimum atomic E-state index is -0.199. The summed E-state index contributed by atoms with van der Waals surface area (Å²) in [5.74, 6) is 0. The van der Waals surface area contributed by atoms with Crippen LogP contribution in [0.2, 0.25) is 0 Å². The number of anilines is 1. The molecule has 1 aromatic heterocycles. The Hall–Kier alpha value is -1.52. The summed E-state index contributed by atoms with van der Waals surface area (Å²) in [5.41, 5.74) is 2.42. The molecule has 0 bridgehead atoms. The highest BCUT2D eigenvalue weighted by Gasteiger charge is 2.08. The first kappa shape index (κ1) is 9.57. The van der Waals surface area contributed by atoms with Crippen LogP contribution in [-0.2, 0) is 0 Å². The van der Waals surface area contributed by atoms with Crippen molar-refractivity contribution in [1.29, 1.82) is 0 Å². The van der Waals surface area contributed by atoms with E-state index in [2.05, 4.69) is 20.8 Å². The van der Waals surface area contributed by atoms with Crippen molar-refractivity contribution in [2.24, 2.45) is 0 Å². The van der Waals surface area contributed by atoms with Gasteiger partial charge in [-0.1, -0.05) is 0 Å². The molecule has 0 aliphatic rings. The number of nitrogens with zero attached hydrogens (tertiary/aromatic N) is 1. The van der Waals surface area contributed by atoms with Gasteiger partial charge in [-0.15, -0.1) is 0 Å². The lowest BCUT2D eigenvalue weighted by atomic mass is 10.3. The van der Waals surface area contributed by atoms with Gasteiger partial charge in [0.15, 0.2) is 0 Å². The van der Waals surface area contributed by atoms with Gasteiger partial charge in [0.2, 0.25) is 0 Å². The minimum absolute atomic E-state index is 0.199. The Balaban J connectivity index is 2.68. The quantitative estimate of drug-likeness (QED) is 0.642. The van der Waals surface area contributed by atoms with Gasteiger partial charge in [-0.05, 0) is 20.8 Å². The van der Waals surface area contributed by atoms with Gasteiger partial charge in [0, 0.05) is 6.54 Å². The molecule has 0 radical (unpaired) electrons. The highest BCUT2D eigenvalue weighted by Crippen LogP contribution is 2.15. The first-order valence-electron chi connectivity index (χ1n) is 4.21. The molecular weight excluding hydrogens is 168 g/mol. The van der Waals surface area contributed by atoms with Crippen molar-refractivity contribution in [3.63, 3.8) is 0 Å². The van der Waals surface area contributed by atoms with Crippen LogP contribution in [0.3, 0.4) is 0 Å². The number of hydrogen-bond acceptors (Lipinski definition) is 2. The van der Waals surface area contributed by atoms with Gasteiger partial charge < -0.3 is 10.6 Å². The van der Waals surface area contributed by atoms with Crippen LogP contribution in [0.15, 0.2) is 0 Å². The summed E-state index contributed by atoms with van der Waals surface area (Å²) >= 11 is 0. The van der Waals surface area contributed by atoms with Crippen LogP contribution in [0.1, 0.15) is 18.3 Å². The van der Waals surface area contributed by atoms with Crippen molar-refractivity contribution < 1.29 is 4.79 Å². The average Bonchev–Trinajstić information content (AvgIpc) is 2.36. The van der Waals surface area contributed by atoms with Gasteiger partial charge in [-0.2, -0.15) is 5.10 Å². The normalized spacial score (nSPS) is 9.77. The molecule has 0 saturated carbocycles. The van der Waals surface area contributed by atoms with E-state index in [0.29, 0.717) is 6.54 Å². The maximum Gasteiger partial charge on any atom is 0.319 e. The number of rotatable bonds is 2. The molecule has 13 heavy (non-hydrogen) atoms. The Morgan fingerprint density at radius 2 is 2.23 bits per heavy atom. The molecule has 0 aliphatic carbocycles. The van der Waals surface area contributed by atoms with Gasteiger partial charge in [0.1, 0.15) is 0 Å². The first-order valence-corrected chi connectivity index (χ1v) is 4.21. The molecule has 0 spiro atoms. The van der Waals surface area contributed by atoms with Crippen molar-refractivity contribution in [2.45, 2.75) is 20.8 Å². The highest BCUT2D eigenvalue weighted by atomic mass is 16.2. The molecule has 2 amide bonds. The molecule has 72 valence electrons. The number of amides is 2. The largest absolute Gasteiger partial charge is 0.338 e. The monoisotopic (exact) mass is 182 g/mol. The molecule has 0 aromatic carbocycles. The zero-order valence-corrected chi connectivity index (χ0v) is 8.06. The molecule has 1 heterocycles. The predicted octanol–water partition coefficient (Wildman–Crippen LogP) is 1.17. The lowest BCUT2D eigenvalue weighted by Crippen LogP contribution is -2.28. The van der Waals surface area contributed by atoms with Crippen LogP contribution in [0.4, 0.5) is 10.5 Å². The molecule has 1 rings (SSSR count). The predicted molar refractivity (Wildman–Crippen MR) is 50.8 cm³/mol. The third-order valence-corrected chi connectivity index (χ3v) is 1.70. The summed E-state index contributed by atoms with van der Waals surface area (Å²) in [7, 11) is 0. The fourth-order valence-electron chi connectivity index (χ4n) is 1.05. The lowest BCUT2D eigenvalue weighted by molar-refractivity contribution is 0.252.